The number of piperidine rings is 1. The first kappa shape index (κ1) is 18.4. The monoisotopic (exact) mass is 397 g/mol. The first-order valence-electron chi connectivity index (χ1n) is 9.42. The molecule has 4 rings (SSSR count). The fourth-order valence-electron chi connectivity index (χ4n) is 4.90. The van der Waals surface area contributed by atoms with E-state index >= 15 is 0 Å². The number of hydrogen-bond acceptors (Lipinski definition) is 5. The van der Waals surface area contributed by atoms with Gasteiger partial charge < -0.3 is 4.90 Å². The molecule has 0 N–H and O–H groups in total. The molecule has 6 nitrogen and oxygen atoms in total. The van der Waals surface area contributed by atoms with Crippen LogP contribution in [0, 0.1) is 5.41 Å². The van der Waals surface area contributed by atoms with Crippen LogP contribution in [0.25, 0.3) is 0 Å². The summed E-state index contributed by atoms with van der Waals surface area (Å²) < 4.78 is 26.4. The second-order valence-electron chi connectivity index (χ2n) is 7.83. The van der Waals surface area contributed by atoms with E-state index in [-0.39, 0.29) is 17.7 Å². The van der Waals surface area contributed by atoms with Gasteiger partial charge in [0.25, 0.3) is 0 Å². The summed E-state index contributed by atoms with van der Waals surface area (Å²) in [7, 11) is -1.58. The minimum atomic E-state index is -3.25. The summed E-state index contributed by atoms with van der Waals surface area (Å²) in [4.78, 5) is 19.2. The van der Waals surface area contributed by atoms with Crippen molar-refractivity contribution in [1.82, 2.24) is 14.1 Å². The minimum Gasteiger partial charge on any atom is -0.342 e. The molecule has 3 saturated heterocycles. The molecule has 8 heteroatoms. The molecule has 0 saturated carbocycles. The molecule has 3 aliphatic heterocycles. The van der Waals surface area contributed by atoms with Gasteiger partial charge in [-0.2, -0.15) is 0 Å². The summed E-state index contributed by atoms with van der Waals surface area (Å²) in [5, 5.41) is 2.08. The van der Waals surface area contributed by atoms with Crippen LogP contribution in [0.1, 0.15) is 30.6 Å². The zero-order valence-electron chi connectivity index (χ0n) is 15.3. The standard InChI is InChI=1S/C18H27N3O3S2/c1-19-16-6-10-20(13-15-5-4-11-25-15)14-18(16,7-12-26(19,23)24)17(22)21-8-2-3-9-21/h4-5,11,16H,2-3,6-10,12-14H2,1H3/t16-,18+/m1/s1. The summed E-state index contributed by atoms with van der Waals surface area (Å²) in [6.45, 7) is 3.96. The van der Waals surface area contributed by atoms with Crippen LogP contribution in [0.5, 0.6) is 0 Å². The Hall–Kier alpha value is -0.960. The highest BCUT2D eigenvalue weighted by molar-refractivity contribution is 7.89. The van der Waals surface area contributed by atoms with Crippen LogP contribution in [0.4, 0.5) is 0 Å². The number of carbonyl (C=O) groups is 1. The van der Waals surface area contributed by atoms with Crippen molar-refractivity contribution in [3.8, 4) is 0 Å². The van der Waals surface area contributed by atoms with E-state index in [9.17, 15) is 13.2 Å². The van der Waals surface area contributed by atoms with Crippen LogP contribution in [0.2, 0.25) is 0 Å². The van der Waals surface area contributed by atoms with Crippen molar-refractivity contribution in [2.45, 2.75) is 38.3 Å². The average Bonchev–Trinajstić information content (AvgIpc) is 3.32. The summed E-state index contributed by atoms with van der Waals surface area (Å²) in [6, 6.07) is 3.97. The molecule has 0 aliphatic carbocycles. The molecule has 4 heterocycles. The molecule has 1 aromatic heterocycles. The molecule has 3 aliphatic rings. The topological polar surface area (TPSA) is 60.9 Å². The Morgan fingerprint density at radius 2 is 2.08 bits per heavy atom. The molecule has 3 fully saturated rings. The largest absolute Gasteiger partial charge is 0.342 e. The molecule has 0 unspecified atom stereocenters. The average molecular weight is 398 g/mol. The number of nitrogens with zero attached hydrogens (tertiary/aromatic N) is 3. The number of rotatable bonds is 3. The third-order valence-electron chi connectivity index (χ3n) is 6.32. The number of fused-ring (bicyclic) bond motifs is 1. The molecule has 0 spiro atoms. The number of carbonyl (C=O) groups excluding carboxylic acids is 1. The number of sulfonamides is 1. The first-order valence-corrected chi connectivity index (χ1v) is 11.9. The van der Waals surface area contributed by atoms with Gasteiger partial charge in [0.15, 0.2) is 0 Å². The molecule has 0 bridgehead atoms. The smallest absolute Gasteiger partial charge is 0.231 e. The van der Waals surface area contributed by atoms with Crippen LogP contribution in [0.15, 0.2) is 17.5 Å². The third kappa shape index (κ3) is 3.10. The van der Waals surface area contributed by atoms with E-state index in [1.54, 1.807) is 18.4 Å². The molecule has 1 aromatic rings. The van der Waals surface area contributed by atoms with E-state index in [1.807, 2.05) is 4.90 Å². The van der Waals surface area contributed by atoms with Crippen molar-refractivity contribution < 1.29 is 13.2 Å². The SMILES string of the molecule is CN1[C@@H]2CCN(Cc3cccs3)C[C@@]2(C(=O)N2CCCC2)CCS1(=O)=O. The molecule has 144 valence electrons. The molecular weight excluding hydrogens is 370 g/mol. The van der Waals surface area contributed by atoms with Gasteiger partial charge in [-0.1, -0.05) is 6.07 Å². The van der Waals surface area contributed by atoms with Crippen molar-refractivity contribution in [2.24, 2.45) is 5.41 Å². The molecule has 0 aromatic carbocycles. The zero-order valence-corrected chi connectivity index (χ0v) is 16.9. The highest BCUT2D eigenvalue weighted by Gasteiger charge is 2.57. The van der Waals surface area contributed by atoms with Crippen LogP contribution < -0.4 is 0 Å². The van der Waals surface area contributed by atoms with Crippen molar-refractivity contribution >= 4 is 27.3 Å². The highest BCUT2D eigenvalue weighted by atomic mass is 32.2. The maximum absolute atomic E-state index is 13.5. The Morgan fingerprint density at radius 1 is 1.31 bits per heavy atom. The van der Waals surface area contributed by atoms with Gasteiger partial charge in [0.2, 0.25) is 15.9 Å². The zero-order chi connectivity index (χ0) is 18.4. The van der Waals surface area contributed by atoms with Gasteiger partial charge in [0, 0.05) is 50.7 Å². The van der Waals surface area contributed by atoms with Gasteiger partial charge in [-0.05, 0) is 37.1 Å². The van der Waals surface area contributed by atoms with E-state index in [1.165, 1.54) is 9.18 Å². The van der Waals surface area contributed by atoms with Crippen molar-refractivity contribution in [3.05, 3.63) is 22.4 Å². The summed E-state index contributed by atoms with van der Waals surface area (Å²) in [5.74, 6) is 0.254. The molecule has 26 heavy (non-hydrogen) atoms. The predicted molar refractivity (Wildman–Crippen MR) is 102 cm³/mol. The minimum absolute atomic E-state index is 0.0758. The van der Waals surface area contributed by atoms with Crippen LogP contribution in [0.3, 0.4) is 0 Å². The maximum Gasteiger partial charge on any atom is 0.231 e. The van der Waals surface area contributed by atoms with Crippen LogP contribution >= 0.6 is 11.3 Å². The third-order valence-corrected chi connectivity index (χ3v) is 9.04. The molecule has 2 atom stereocenters. The maximum atomic E-state index is 13.5. The summed E-state index contributed by atoms with van der Waals surface area (Å²) in [5.41, 5.74) is -0.597. The Bertz CT molecular complexity index is 759. The quantitative estimate of drug-likeness (QED) is 0.777. The molecular formula is C18H27N3O3S2. The lowest BCUT2D eigenvalue weighted by atomic mass is 9.72. The molecule has 0 radical (unpaired) electrons. The van der Waals surface area contributed by atoms with E-state index < -0.39 is 15.4 Å². The lowest BCUT2D eigenvalue weighted by molar-refractivity contribution is -0.150. The Morgan fingerprint density at radius 3 is 2.77 bits per heavy atom. The highest BCUT2D eigenvalue weighted by Crippen LogP contribution is 2.44. The van der Waals surface area contributed by atoms with Gasteiger partial charge >= 0.3 is 0 Å². The van der Waals surface area contributed by atoms with Gasteiger partial charge in [0.05, 0.1) is 11.2 Å². The van der Waals surface area contributed by atoms with Gasteiger partial charge in [-0.15, -0.1) is 11.3 Å². The Labute approximate surface area is 159 Å². The Balaban J connectivity index is 1.63. The predicted octanol–water partition coefficient (Wildman–Crippen LogP) is 1.60. The molecule has 1 amide bonds. The normalized spacial score (nSPS) is 32.5. The number of likely N-dealkylation sites (tertiary alicyclic amines) is 2. The fourth-order valence-corrected chi connectivity index (χ4v) is 7.25. The summed E-state index contributed by atoms with van der Waals surface area (Å²) in [6.07, 6.45) is 3.28. The fraction of sp³-hybridized carbons (Fsp3) is 0.722. The second-order valence-corrected chi connectivity index (χ2v) is 11.0. The van der Waals surface area contributed by atoms with Crippen molar-refractivity contribution in [2.75, 3.05) is 39.0 Å². The number of thiophene rings is 1. The summed E-state index contributed by atoms with van der Waals surface area (Å²) >= 11 is 1.74. The number of amides is 1. The van der Waals surface area contributed by atoms with E-state index in [0.29, 0.717) is 13.0 Å². The van der Waals surface area contributed by atoms with Crippen LogP contribution in [-0.4, -0.2) is 73.5 Å². The van der Waals surface area contributed by atoms with Gasteiger partial charge in [-0.3, -0.25) is 9.69 Å². The first-order chi connectivity index (χ1) is 12.4. The van der Waals surface area contributed by atoms with Gasteiger partial charge in [-0.25, -0.2) is 12.7 Å². The van der Waals surface area contributed by atoms with Gasteiger partial charge in [0.1, 0.15) is 0 Å². The second kappa shape index (κ2) is 6.89. The van der Waals surface area contributed by atoms with Crippen molar-refractivity contribution in [1.29, 1.82) is 0 Å². The van der Waals surface area contributed by atoms with E-state index in [0.717, 1.165) is 45.4 Å². The number of hydrogen-bond donors (Lipinski definition) is 0. The van der Waals surface area contributed by atoms with E-state index in [4.69, 9.17) is 0 Å². The lowest BCUT2D eigenvalue weighted by Crippen LogP contribution is -2.67. The van der Waals surface area contributed by atoms with E-state index in [2.05, 4.69) is 22.4 Å². The van der Waals surface area contributed by atoms with Crippen LogP contribution in [-0.2, 0) is 21.4 Å². The Kier molecular flexibility index (Phi) is 4.88. The van der Waals surface area contributed by atoms with Crippen molar-refractivity contribution in [3.63, 3.8) is 0 Å². The lowest BCUT2D eigenvalue weighted by Gasteiger charge is -2.53.